The van der Waals surface area contributed by atoms with Gasteiger partial charge >= 0.3 is 0 Å². The molecule has 0 spiro atoms. The molecule has 5 heteroatoms. The Balaban J connectivity index is 2.02. The number of nitrogens with one attached hydrogen (secondary N) is 1. The summed E-state index contributed by atoms with van der Waals surface area (Å²) in [4.78, 5) is 13.9. The third-order valence-electron chi connectivity index (χ3n) is 3.13. The maximum absolute atomic E-state index is 12.3. The standard InChI is InChI=1S/C16H20N4O/c1-4-17-15-10-9-14(18-19-15)16(21)20(3)11-13-7-5-12(2)6-8-13/h5-10H,4,11H2,1-3H3,(H,17,19). The lowest BCUT2D eigenvalue weighted by atomic mass is 10.1. The Hall–Kier alpha value is -2.43. The number of aromatic nitrogens is 2. The van der Waals surface area contributed by atoms with Crippen LogP contribution in [0.2, 0.25) is 0 Å². The maximum Gasteiger partial charge on any atom is 0.274 e. The first-order valence-electron chi connectivity index (χ1n) is 6.98. The van der Waals surface area contributed by atoms with Crippen LogP contribution in [0.3, 0.4) is 0 Å². The number of hydrogen-bond donors (Lipinski definition) is 1. The molecular weight excluding hydrogens is 264 g/mol. The molecule has 1 aromatic heterocycles. The maximum atomic E-state index is 12.3. The van der Waals surface area contributed by atoms with Crippen molar-refractivity contribution < 1.29 is 4.79 Å². The first kappa shape index (κ1) is 15.0. The second kappa shape index (κ2) is 6.83. The smallest absolute Gasteiger partial charge is 0.274 e. The van der Waals surface area contributed by atoms with Crippen LogP contribution in [0.4, 0.5) is 5.82 Å². The third-order valence-corrected chi connectivity index (χ3v) is 3.13. The molecular formula is C16H20N4O. The van der Waals surface area contributed by atoms with Crippen LogP contribution >= 0.6 is 0 Å². The minimum absolute atomic E-state index is 0.133. The molecule has 1 heterocycles. The molecule has 0 unspecified atom stereocenters. The van der Waals surface area contributed by atoms with Gasteiger partial charge in [-0.3, -0.25) is 4.79 Å². The lowest BCUT2D eigenvalue weighted by molar-refractivity contribution is 0.0778. The second-order valence-corrected chi connectivity index (χ2v) is 4.98. The van der Waals surface area contributed by atoms with Crippen LogP contribution in [0.25, 0.3) is 0 Å². The summed E-state index contributed by atoms with van der Waals surface area (Å²) in [5.41, 5.74) is 2.65. The fourth-order valence-electron chi connectivity index (χ4n) is 1.96. The highest BCUT2D eigenvalue weighted by atomic mass is 16.2. The van der Waals surface area contributed by atoms with Crippen molar-refractivity contribution >= 4 is 11.7 Å². The molecule has 0 aliphatic heterocycles. The van der Waals surface area contributed by atoms with Gasteiger partial charge in [-0.2, -0.15) is 0 Å². The van der Waals surface area contributed by atoms with Gasteiger partial charge in [0.05, 0.1) is 0 Å². The quantitative estimate of drug-likeness (QED) is 0.916. The van der Waals surface area contributed by atoms with E-state index in [1.807, 2.05) is 38.1 Å². The van der Waals surface area contributed by atoms with E-state index in [9.17, 15) is 4.79 Å². The van der Waals surface area contributed by atoms with Crippen molar-refractivity contribution in [2.75, 3.05) is 18.9 Å². The molecule has 2 rings (SSSR count). The summed E-state index contributed by atoms with van der Waals surface area (Å²) in [5.74, 6) is 0.543. The number of nitrogens with zero attached hydrogens (tertiary/aromatic N) is 3. The Kier molecular flexibility index (Phi) is 4.87. The van der Waals surface area contributed by atoms with Gasteiger partial charge < -0.3 is 10.2 Å². The normalized spacial score (nSPS) is 10.2. The molecule has 1 amide bonds. The Labute approximate surface area is 125 Å². The minimum Gasteiger partial charge on any atom is -0.369 e. The number of hydrogen-bond acceptors (Lipinski definition) is 4. The highest BCUT2D eigenvalue weighted by molar-refractivity contribution is 5.92. The van der Waals surface area contributed by atoms with Gasteiger partial charge in [0.2, 0.25) is 0 Å². The first-order chi connectivity index (χ1) is 10.1. The van der Waals surface area contributed by atoms with E-state index in [4.69, 9.17) is 0 Å². The average Bonchev–Trinajstić information content (AvgIpc) is 2.50. The molecule has 1 aromatic carbocycles. The van der Waals surface area contributed by atoms with E-state index in [0.29, 0.717) is 18.1 Å². The Morgan fingerprint density at radius 1 is 1.14 bits per heavy atom. The number of aryl methyl sites for hydroxylation is 1. The van der Waals surface area contributed by atoms with Gasteiger partial charge in [-0.15, -0.1) is 10.2 Å². The lowest BCUT2D eigenvalue weighted by Crippen LogP contribution is -2.27. The van der Waals surface area contributed by atoms with Crippen molar-refractivity contribution in [2.24, 2.45) is 0 Å². The zero-order valence-corrected chi connectivity index (χ0v) is 12.6. The monoisotopic (exact) mass is 284 g/mol. The van der Waals surface area contributed by atoms with Crippen LogP contribution in [-0.4, -0.2) is 34.6 Å². The summed E-state index contributed by atoms with van der Waals surface area (Å²) in [6.45, 7) is 5.35. The van der Waals surface area contributed by atoms with Crippen LogP contribution in [0.5, 0.6) is 0 Å². The summed E-state index contributed by atoms with van der Waals surface area (Å²) in [5, 5.41) is 11.0. The molecule has 110 valence electrons. The molecule has 0 fully saturated rings. The number of benzene rings is 1. The van der Waals surface area contributed by atoms with Crippen LogP contribution < -0.4 is 5.32 Å². The zero-order valence-electron chi connectivity index (χ0n) is 12.6. The van der Waals surface area contributed by atoms with Gasteiger partial charge in [-0.05, 0) is 31.5 Å². The molecule has 1 N–H and O–H groups in total. The second-order valence-electron chi connectivity index (χ2n) is 4.98. The zero-order chi connectivity index (χ0) is 15.2. The van der Waals surface area contributed by atoms with E-state index >= 15 is 0 Å². The molecule has 0 bridgehead atoms. The number of amides is 1. The van der Waals surface area contributed by atoms with E-state index in [0.717, 1.165) is 12.1 Å². The van der Waals surface area contributed by atoms with Gasteiger partial charge in [0, 0.05) is 20.1 Å². The molecule has 0 aliphatic rings. The highest BCUT2D eigenvalue weighted by Gasteiger charge is 2.14. The van der Waals surface area contributed by atoms with Crippen molar-refractivity contribution in [1.29, 1.82) is 0 Å². The summed E-state index contributed by atoms with van der Waals surface area (Å²) in [6.07, 6.45) is 0. The molecule has 0 aliphatic carbocycles. The number of anilines is 1. The molecule has 0 atom stereocenters. The average molecular weight is 284 g/mol. The summed E-state index contributed by atoms with van der Waals surface area (Å²) in [7, 11) is 1.77. The van der Waals surface area contributed by atoms with E-state index in [2.05, 4.69) is 15.5 Å². The van der Waals surface area contributed by atoms with Gasteiger partial charge in [-0.25, -0.2) is 0 Å². The molecule has 5 nitrogen and oxygen atoms in total. The third kappa shape index (κ3) is 4.02. The first-order valence-corrected chi connectivity index (χ1v) is 6.98. The fourth-order valence-corrected chi connectivity index (χ4v) is 1.96. The van der Waals surface area contributed by atoms with E-state index in [1.54, 1.807) is 24.1 Å². The van der Waals surface area contributed by atoms with Crippen molar-refractivity contribution in [3.8, 4) is 0 Å². The predicted octanol–water partition coefficient (Wildman–Crippen LogP) is 2.49. The summed E-state index contributed by atoms with van der Waals surface area (Å²) < 4.78 is 0. The minimum atomic E-state index is -0.133. The summed E-state index contributed by atoms with van der Waals surface area (Å²) >= 11 is 0. The Morgan fingerprint density at radius 3 is 2.43 bits per heavy atom. The molecule has 0 radical (unpaired) electrons. The van der Waals surface area contributed by atoms with Gasteiger partial charge in [0.15, 0.2) is 5.69 Å². The van der Waals surface area contributed by atoms with Crippen molar-refractivity contribution in [1.82, 2.24) is 15.1 Å². The molecule has 2 aromatic rings. The van der Waals surface area contributed by atoms with Crippen LogP contribution in [-0.2, 0) is 6.54 Å². The van der Waals surface area contributed by atoms with E-state index < -0.39 is 0 Å². The molecule has 0 saturated heterocycles. The van der Waals surface area contributed by atoms with Crippen molar-refractivity contribution in [3.63, 3.8) is 0 Å². The Morgan fingerprint density at radius 2 is 1.86 bits per heavy atom. The van der Waals surface area contributed by atoms with E-state index in [1.165, 1.54) is 5.56 Å². The number of carbonyl (C=O) groups excluding carboxylic acids is 1. The predicted molar refractivity (Wildman–Crippen MR) is 83.2 cm³/mol. The number of carbonyl (C=O) groups is 1. The topological polar surface area (TPSA) is 58.1 Å². The highest BCUT2D eigenvalue weighted by Crippen LogP contribution is 2.09. The SMILES string of the molecule is CCNc1ccc(C(=O)N(C)Cc2ccc(C)cc2)nn1. The molecule has 21 heavy (non-hydrogen) atoms. The van der Waals surface area contributed by atoms with Crippen LogP contribution in [0, 0.1) is 6.92 Å². The fraction of sp³-hybridized carbons (Fsp3) is 0.312. The van der Waals surface area contributed by atoms with Gasteiger partial charge in [0.1, 0.15) is 5.82 Å². The largest absolute Gasteiger partial charge is 0.369 e. The van der Waals surface area contributed by atoms with E-state index in [-0.39, 0.29) is 5.91 Å². The molecule has 0 saturated carbocycles. The van der Waals surface area contributed by atoms with Crippen molar-refractivity contribution in [3.05, 3.63) is 53.2 Å². The van der Waals surface area contributed by atoms with Crippen LogP contribution in [0.1, 0.15) is 28.5 Å². The lowest BCUT2D eigenvalue weighted by Gasteiger charge is -2.16. The van der Waals surface area contributed by atoms with Crippen molar-refractivity contribution in [2.45, 2.75) is 20.4 Å². The number of rotatable bonds is 5. The Bertz CT molecular complexity index is 593. The summed E-state index contributed by atoms with van der Waals surface area (Å²) in [6, 6.07) is 11.6. The van der Waals surface area contributed by atoms with Gasteiger partial charge in [-0.1, -0.05) is 29.8 Å². The van der Waals surface area contributed by atoms with Gasteiger partial charge in [0.25, 0.3) is 5.91 Å². The van der Waals surface area contributed by atoms with Crippen LogP contribution in [0.15, 0.2) is 36.4 Å².